The van der Waals surface area contributed by atoms with Crippen LogP contribution in [-0.4, -0.2) is 12.6 Å². The molecule has 1 radical (unpaired) electrons. The summed E-state index contributed by atoms with van der Waals surface area (Å²) in [6.45, 7) is 2.28. The maximum atomic E-state index is 10.9. The van der Waals surface area contributed by atoms with Crippen LogP contribution >= 0.6 is 0 Å². The quantitative estimate of drug-likeness (QED) is 0.541. The standard InChI is InChI=1S/C8H11O2/c1-2-10-8(9)7-5-3-4-6-7/h5-6H,2-4H2,1H3. The molecular weight excluding hydrogens is 128 g/mol. The first-order valence-corrected chi connectivity index (χ1v) is 3.55. The van der Waals surface area contributed by atoms with Crippen molar-refractivity contribution >= 4 is 5.97 Å². The molecule has 0 saturated heterocycles. The number of esters is 1. The van der Waals surface area contributed by atoms with Gasteiger partial charge in [0.2, 0.25) is 0 Å². The fourth-order valence-corrected chi connectivity index (χ4v) is 0.942. The predicted octanol–water partition coefficient (Wildman–Crippen LogP) is 1.47. The van der Waals surface area contributed by atoms with Gasteiger partial charge >= 0.3 is 5.97 Å². The molecule has 0 heterocycles. The highest BCUT2D eigenvalue weighted by molar-refractivity contribution is 5.91. The van der Waals surface area contributed by atoms with Crippen molar-refractivity contribution in [2.24, 2.45) is 0 Å². The van der Waals surface area contributed by atoms with Crippen LogP contribution in [0.1, 0.15) is 19.8 Å². The van der Waals surface area contributed by atoms with Crippen LogP contribution in [0.2, 0.25) is 0 Å². The average molecular weight is 139 g/mol. The number of allylic oxidation sites excluding steroid dienone is 1. The van der Waals surface area contributed by atoms with E-state index in [0.717, 1.165) is 18.4 Å². The van der Waals surface area contributed by atoms with E-state index in [1.165, 1.54) is 0 Å². The summed E-state index contributed by atoms with van der Waals surface area (Å²) in [5.41, 5.74) is 0.738. The van der Waals surface area contributed by atoms with Crippen molar-refractivity contribution in [1.29, 1.82) is 0 Å². The van der Waals surface area contributed by atoms with Crippen LogP contribution in [0.15, 0.2) is 11.6 Å². The van der Waals surface area contributed by atoms with Gasteiger partial charge in [-0.15, -0.1) is 0 Å². The molecule has 0 N–H and O–H groups in total. The second-order valence-corrected chi connectivity index (χ2v) is 2.16. The fourth-order valence-electron chi connectivity index (χ4n) is 0.942. The Balaban J connectivity index is 2.40. The number of hydrogen-bond donors (Lipinski definition) is 0. The number of rotatable bonds is 2. The maximum Gasteiger partial charge on any atom is 0.333 e. The topological polar surface area (TPSA) is 26.3 Å². The second kappa shape index (κ2) is 3.40. The molecule has 0 bridgehead atoms. The summed E-state index contributed by atoms with van der Waals surface area (Å²) in [5, 5.41) is 0. The zero-order valence-electron chi connectivity index (χ0n) is 6.09. The van der Waals surface area contributed by atoms with Gasteiger partial charge in [-0.3, -0.25) is 0 Å². The lowest BCUT2D eigenvalue weighted by Gasteiger charge is -1.99. The number of carbonyl (C=O) groups excluding carboxylic acids is 1. The van der Waals surface area contributed by atoms with Gasteiger partial charge in [-0.05, 0) is 26.2 Å². The van der Waals surface area contributed by atoms with Gasteiger partial charge in [0.15, 0.2) is 0 Å². The summed E-state index contributed by atoms with van der Waals surface area (Å²) in [6, 6.07) is 0. The van der Waals surface area contributed by atoms with Crippen molar-refractivity contribution in [2.45, 2.75) is 19.8 Å². The van der Waals surface area contributed by atoms with Crippen LogP contribution < -0.4 is 0 Å². The van der Waals surface area contributed by atoms with E-state index < -0.39 is 0 Å². The third-order valence-electron chi connectivity index (χ3n) is 1.41. The second-order valence-electron chi connectivity index (χ2n) is 2.16. The summed E-state index contributed by atoms with van der Waals surface area (Å²) < 4.78 is 4.79. The van der Waals surface area contributed by atoms with Crippen LogP contribution in [0.25, 0.3) is 0 Å². The maximum absolute atomic E-state index is 10.9. The molecule has 0 aliphatic heterocycles. The summed E-state index contributed by atoms with van der Waals surface area (Å²) in [7, 11) is 0. The minimum Gasteiger partial charge on any atom is -0.463 e. The highest BCUT2D eigenvalue weighted by Gasteiger charge is 2.13. The minimum atomic E-state index is -0.181. The molecule has 0 amide bonds. The van der Waals surface area contributed by atoms with Crippen molar-refractivity contribution in [1.82, 2.24) is 0 Å². The molecule has 1 aliphatic carbocycles. The zero-order valence-corrected chi connectivity index (χ0v) is 6.09. The fraction of sp³-hybridized carbons (Fsp3) is 0.500. The Kier molecular flexibility index (Phi) is 2.49. The third-order valence-corrected chi connectivity index (χ3v) is 1.41. The Morgan fingerprint density at radius 2 is 2.50 bits per heavy atom. The molecule has 55 valence electrons. The van der Waals surface area contributed by atoms with Gasteiger partial charge in [0.05, 0.1) is 6.61 Å². The molecule has 0 aromatic rings. The van der Waals surface area contributed by atoms with E-state index >= 15 is 0 Å². The summed E-state index contributed by atoms with van der Waals surface area (Å²) in [6.07, 6.45) is 5.79. The average Bonchev–Trinajstić information content (AvgIpc) is 2.38. The Morgan fingerprint density at radius 1 is 1.70 bits per heavy atom. The smallest absolute Gasteiger partial charge is 0.333 e. The van der Waals surface area contributed by atoms with E-state index in [9.17, 15) is 4.79 Å². The summed E-state index contributed by atoms with van der Waals surface area (Å²) in [5.74, 6) is -0.181. The molecule has 0 spiro atoms. The van der Waals surface area contributed by atoms with E-state index in [2.05, 4.69) is 0 Å². The molecule has 1 aliphatic rings. The number of carbonyl (C=O) groups is 1. The molecule has 0 saturated carbocycles. The van der Waals surface area contributed by atoms with Gasteiger partial charge in [0.1, 0.15) is 0 Å². The van der Waals surface area contributed by atoms with E-state index in [-0.39, 0.29) is 5.97 Å². The molecule has 2 heteroatoms. The number of ether oxygens (including phenoxy) is 1. The lowest BCUT2D eigenvalue weighted by Crippen LogP contribution is -2.05. The Bertz CT molecular complexity index is 159. The van der Waals surface area contributed by atoms with E-state index in [1.807, 2.05) is 19.4 Å². The monoisotopic (exact) mass is 139 g/mol. The molecule has 0 aromatic heterocycles. The number of hydrogen-bond acceptors (Lipinski definition) is 2. The van der Waals surface area contributed by atoms with E-state index in [4.69, 9.17) is 4.74 Å². The van der Waals surface area contributed by atoms with Gasteiger partial charge in [0, 0.05) is 5.57 Å². The minimum absolute atomic E-state index is 0.181. The lowest BCUT2D eigenvalue weighted by molar-refractivity contribution is -0.138. The Hall–Kier alpha value is -0.790. The first-order valence-electron chi connectivity index (χ1n) is 3.55. The Morgan fingerprint density at radius 3 is 3.00 bits per heavy atom. The Labute approximate surface area is 60.9 Å². The third kappa shape index (κ3) is 1.59. The van der Waals surface area contributed by atoms with Crippen LogP contribution in [0, 0.1) is 6.42 Å². The normalized spacial score (nSPS) is 16.7. The SMILES string of the molecule is CCOC(=O)C1=CCC[CH]1. The summed E-state index contributed by atoms with van der Waals surface area (Å²) in [4.78, 5) is 10.9. The predicted molar refractivity (Wildman–Crippen MR) is 38.2 cm³/mol. The molecular formula is C8H11O2. The largest absolute Gasteiger partial charge is 0.463 e. The highest BCUT2D eigenvalue weighted by atomic mass is 16.5. The van der Waals surface area contributed by atoms with Gasteiger partial charge in [-0.1, -0.05) is 6.08 Å². The van der Waals surface area contributed by atoms with Crippen LogP contribution in [0.3, 0.4) is 0 Å². The van der Waals surface area contributed by atoms with Crippen molar-refractivity contribution in [2.75, 3.05) is 6.61 Å². The van der Waals surface area contributed by atoms with Crippen molar-refractivity contribution in [3.63, 3.8) is 0 Å². The van der Waals surface area contributed by atoms with Crippen molar-refractivity contribution in [3.8, 4) is 0 Å². The molecule has 10 heavy (non-hydrogen) atoms. The van der Waals surface area contributed by atoms with E-state index in [1.54, 1.807) is 0 Å². The van der Waals surface area contributed by atoms with E-state index in [0.29, 0.717) is 6.61 Å². The molecule has 0 atom stereocenters. The molecule has 0 aromatic carbocycles. The first-order chi connectivity index (χ1) is 4.84. The highest BCUT2D eigenvalue weighted by Crippen LogP contribution is 2.16. The molecule has 2 nitrogen and oxygen atoms in total. The lowest BCUT2D eigenvalue weighted by atomic mass is 10.2. The van der Waals surface area contributed by atoms with Crippen LogP contribution in [-0.2, 0) is 9.53 Å². The molecule has 0 unspecified atom stereocenters. The van der Waals surface area contributed by atoms with Crippen LogP contribution in [0.4, 0.5) is 0 Å². The van der Waals surface area contributed by atoms with Gasteiger partial charge in [0.25, 0.3) is 0 Å². The van der Waals surface area contributed by atoms with Gasteiger partial charge in [-0.2, -0.15) is 0 Å². The first kappa shape index (κ1) is 7.32. The van der Waals surface area contributed by atoms with Gasteiger partial charge in [-0.25, -0.2) is 4.79 Å². The molecule has 1 rings (SSSR count). The zero-order chi connectivity index (χ0) is 7.40. The molecule has 0 fully saturated rings. The van der Waals surface area contributed by atoms with Gasteiger partial charge < -0.3 is 4.74 Å². The van der Waals surface area contributed by atoms with Crippen molar-refractivity contribution in [3.05, 3.63) is 18.1 Å². The summed E-state index contributed by atoms with van der Waals surface area (Å²) >= 11 is 0. The van der Waals surface area contributed by atoms with Crippen molar-refractivity contribution < 1.29 is 9.53 Å². The van der Waals surface area contributed by atoms with Crippen LogP contribution in [0.5, 0.6) is 0 Å².